The lowest BCUT2D eigenvalue weighted by atomic mass is 10.0. The van der Waals surface area contributed by atoms with E-state index >= 15 is 0 Å². The molecule has 1 aromatic rings. The van der Waals surface area contributed by atoms with Gasteiger partial charge in [-0.05, 0) is 49.5 Å². The van der Waals surface area contributed by atoms with Crippen LogP contribution < -0.4 is 5.32 Å². The van der Waals surface area contributed by atoms with E-state index in [0.29, 0.717) is 31.4 Å². The number of nitrogens with zero attached hydrogens (tertiary/aromatic N) is 2. The highest BCUT2D eigenvalue weighted by Gasteiger charge is 2.26. The number of ether oxygens (including phenoxy) is 2. The van der Waals surface area contributed by atoms with Gasteiger partial charge >= 0.3 is 0 Å². The zero-order valence-electron chi connectivity index (χ0n) is 15.4. The minimum atomic E-state index is -0.127. The molecule has 1 aromatic heterocycles. The molecule has 1 saturated heterocycles. The number of hydrogen-bond acceptors (Lipinski definition) is 4. The van der Waals surface area contributed by atoms with Crippen LogP contribution in [0.5, 0.6) is 0 Å². The SMILES string of the molecule is O=C(C[C@@H]1C=CCC1)NC[C@@H]1OCCc2cn(CC3CCOCC3)nc21. The first-order valence-corrected chi connectivity index (χ1v) is 9.97. The number of nitrogens with one attached hydrogen (secondary N) is 1. The molecule has 4 rings (SSSR count). The number of fused-ring (bicyclic) bond motifs is 1. The quantitative estimate of drug-likeness (QED) is 0.792. The zero-order chi connectivity index (χ0) is 17.8. The maximum Gasteiger partial charge on any atom is 0.220 e. The van der Waals surface area contributed by atoms with Crippen LogP contribution >= 0.6 is 0 Å². The second-order valence-electron chi connectivity index (χ2n) is 7.70. The number of amides is 1. The van der Waals surface area contributed by atoms with E-state index in [2.05, 4.69) is 28.3 Å². The van der Waals surface area contributed by atoms with Crippen LogP contribution in [0.15, 0.2) is 18.3 Å². The number of rotatable bonds is 6. The number of aromatic nitrogens is 2. The normalized spacial score (nSPS) is 26.0. The summed E-state index contributed by atoms with van der Waals surface area (Å²) in [5.74, 6) is 1.15. The molecule has 1 fully saturated rings. The summed E-state index contributed by atoms with van der Waals surface area (Å²) in [5, 5.41) is 7.84. The van der Waals surface area contributed by atoms with E-state index < -0.39 is 0 Å². The molecule has 1 N–H and O–H groups in total. The molecule has 0 unspecified atom stereocenters. The lowest BCUT2D eigenvalue weighted by Crippen LogP contribution is -2.32. The number of allylic oxidation sites excluding steroid dienone is 2. The van der Waals surface area contributed by atoms with E-state index in [1.54, 1.807) is 0 Å². The van der Waals surface area contributed by atoms with Gasteiger partial charge in [0.2, 0.25) is 5.91 Å². The van der Waals surface area contributed by atoms with Crippen molar-refractivity contribution in [2.75, 3.05) is 26.4 Å². The van der Waals surface area contributed by atoms with Crippen molar-refractivity contribution in [2.45, 2.75) is 51.2 Å². The maximum absolute atomic E-state index is 12.2. The zero-order valence-corrected chi connectivity index (χ0v) is 15.4. The Bertz CT molecular complexity index is 649. The van der Waals surface area contributed by atoms with E-state index in [1.165, 1.54) is 5.56 Å². The smallest absolute Gasteiger partial charge is 0.220 e. The summed E-state index contributed by atoms with van der Waals surface area (Å²) in [7, 11) is 0. The Kier molecular flexibility index (Phi) is 5.70. The van der Waals surface area contributed by atoms with Crippen molar-refractivity contribution in [1.29, 1.82) is 0 Å². The van der Waals surface area contributed by atoms with Crippen molar-refractivity contribution in [1.82, 2.24) is 15.1 Å². The number of carbonyl (C=O) groups excluding carboxylic acids is 1. The summed E-state index contributed by atoms with van der Waals surface area (Å²) < 4.78 is 13.4. The first kappa shape index (κ1) is 17.7. The van der Waals surface area contributed by atoms with Crippen molar-refractivity contribution in [2.24, 2.45) is 11.8 Å². The maximum atomic E-state index is 12.2. The molecule has 3 heterocycles. The fraction of sp³-hybridized carbons (Fsp3) is 0.700. The number of hydrogen-bond donors (Lipinski definition) is 1. The first-order chi connectivity index (χ1) is 12.8. The first-order valence-electron chi connectivity index (χ1n) is 9.97. The largest absolute Gasteiger partial charge is 0.381 e. The van der Waals surface area contributed by atoms with E-state index in [9.17, 15) is 4.79 Å². The van der Waals surface area contributed by atoms with E-state index in [1.807, 2.05) is 0 Å². The predicted octanol–water partition coefficient (Wildman–Crippen LogP) is 2.40. The summed E-state index contributed by atoms with van der Waals surface area (Å²) in [5.41, 5.74) is 2.27. The highest BCUT2D eigenvalue weighted by Crippen LogP contribution is 2.27. The molecule has 2 aliphatic heterocycles. The minimum absolute atomic E-state index is 0.110. The van der Waals surface area contributed by atoms with Crippen molar-refractivity contribution in [3.63, 3.8) is 0 Å². The van der Waals surface area contributed by atoms with Gasteiger partial charge in [-0.2, -0.15) is 5.10 Å². The van der Waals surface area contributed by atoms with Crippen LogP contribution in [-0.4, -0.2) is 42.1 Å². The topological polar surface area (TPSA) is 65.4 Å². The molecule has 26 heavy (non-hydrogen) atoms. The van der Waals surface area contributed by atoms with Crippen molar-refractivity contribution < 1.29 is 14.3 Å². The van der Waals surface area contributed by atoms with Gasteiger partial charge < -0.3 is 14.8 Å². The van der Waals surface area contributed by atoms with Gasteiger partial charge in [-0.3, -0.25) is 9.48 Å². The monoisotopic (exact) mass is 359 g/mol. The van der Waals surface area contributed by atoms with Crippen LogP contribution in [0.2, 0.25) is 0 Å². The van der Waals surface area contributed by atoms with Crippen LogP contribution in [0.1, 0.15) is 49.5 Å². The second-order valence-corrected chi connectivity index (χ2v) is 7.70. The summed E-state index contributed by atoms with van der Waals surface area (Å²) in [6.07, 6.45) is 12.3. The van der Waals surface area contributed by atoms with Gasteiger partial charge in [-0.1, -0.05) is 12.2 Å². The van der Waals surface area contributed by atoms with Gasteiger partial charge in [-0.15, -0.1) is 0 Å². The highest BCUT2D eigenvalue weighted by atomic mass is 16.5. The van der Waals surface area contributed by atoms with Crippen molar-refractivity contribution in [3.05, 3.63) is 29.6 Å². The molecule has 0 saturated carbocycles. The molecule has 3 aliphatic rings. The van der Waals surface area contributed by atoms with E-state index in [4.69, 9.17) is 14.6 Å². The number of carbonyl (C=O) groups is 1. The molecule has 0 bridgehead atoms. The molecule has 1 aliphatic carbocycles. The Morgan fingerprint density at radius 3 is 2.96 bits per heavy atom. The van der Waals surface area contributed by atoms with Crippen LogP contribution in [0.25, 0.3) is 0 Å². The van der Waals surface area contributed by atoms with Gasteiger partial charge in [0.25, 0.3) is 0 Å². The summed E-state index contributed by atoms with van der Waals surface area (Å²) in [6, 6.07) is 0. The molecular formula is C20H29N3O3. The lowest BCUT2D eigenvalue weighted by Gasteiger charge is -2.22. The molecule has 142 valence electrons. The molecule has 6 nitrogen and oxygen atoms in total. The Balaban J connectivity index is 1.32. The lowest BCUT2D eigenvalue weighted by molar-refractivity contribution is -0.122. The Hall–Kier alpha value is -1.66. The molecule has 0 spiro atoms. The van der Waals surface area contributed by atoms with Crippen molar-refractivity contribution in [3.8, 4) is 0 Å². The average Bonchev–Trinajstić information content (AvgIpc) is 3.30. The average molecular weight is 359 g/mol. The Morgan fingerprint density at radius 2 is 2.15 bits per heavy atom. The third kappa shape index (κ3) is 4.35. The highest BCUT2D eigenvalue weighted by molar-refractivity contribution is 5.76. The van der Waals surface area contributed by atoms with Crippen LogP contribution in [0.3, 0.4) is 0 Å². The van der Waals surface area contributed by atoms with Gasteiger partial charge in [-0.25, -0.2) is 0 Å². The van der Waals surface area contributed by atoms with E-state index in [0.717, 1.165) is 57.6 Å². The fourth-order valence-corrected chi connectivity index (χ4v) is 4.16. The molecule has 0 radical (unpaired) electrons. The summed E-state index contributed by atoms with van der Waals surface area (Å²) in [4.78, 5) is 12.2. The standard InChI is InChI=1S/C20H29N3O3/c24-19(11-15-3-1-2-4-15)21-12-18-20-17(7-10-26-18)14-23(22-20)13-16-5-8-25-9-6-16/h1,3,14-16,18H,2,4-13H2,(H,21,24)/t15-,18+/m1/s1. The molecular weight excluding hydrogens is 330 g/mol. The Morgan fingerprint density at radius 1 is 1.27 bits per heavy atom. The van der Waals surface area contributed by atoms with Gasteiger partial charge in [0.05, 0.1) is 12.3 Å². The molecule has 6 heteroatoms. The van der Waals surface area contributed by atoms with Crippen molar-refractivity contribution >= 4 is 5.91 Å². The van der Waals surface area contributed by atoms with Crippen LogP contribution in [-0.2, 0) is 27.2 Å². The third-order valence-corrected chi connectivity index (χ3v) is 5.70. The Labute approximate surface area is 154 Å². The summed E-state index contributed by atoms with van der Waals surface area (Å²) in [6.45, 7) is 3.88. The van der Waals surface area contributed by atoms with Gasteiger partial charge in [0.15, 0.2) is 0 Å². The summed E-state index contributed by atoms with van der Waals surface area (Å²) >= 11 is 0. The molecule has 1 amide bonds. The fourth-order valence-electron chi connectivity index (χ4n) is 4.16. The second kappa shape index (κ2) is 8.35. The van der Waals surface area contributed by atoms with Crippen LogP contribution in [0.4, 0.5) is 0 Å². The third-order valence-electron chi connectivity index (χ3n) is 5.70. The molecule has 2 atom stereocenters. The van der Waals surface area contributed by atoms with Gasteiger partial charge in [0, 0.05) is 38.9 Å². The minimum Gasteiger partial charge on any atom is -0.381 e. The van der Waals surface area contributed by atoms with E-state index in [-0.39, 0.29) is 12.0 Å². The van der Waals surface area contributed by atoms with Crippen LogP contribution in [0, 0.1) is 11.8 Å². The molecule has 0 aromatic carbocycles. The predicted molar refractivity (Wildman–Crippen MR) is 97.7 cm³/mol. The van der Waals surface area contributed by atoms with Gasteiger partial charge in [0.1, 0.15) is 6.10 Å².